The first-order valence-electron chi connectivity index (χ1n) is 7.47. The highest BCUT2D eigenvalue weighted by Crippen LogP contribution is 2.22. The molecule has 0 saturated heterocycles. The van der Waals surface area contributed by atoms with E-state index in [2.05, 4.69) is 21.2 Å². The van der Waals surface area contributed by atoms with Crippen molar-refractivity contribution >= 4 is 44.3 Å². The Balaban J connectivity index is 1.62. The van der Waals surface area contributed by atoms with E-state index < -0.39 is 18.5 Å². The Kier molecular flexibility index (Phi) is 5.00. The summed E-state index contributed by atoms with van der Waals surface area (Å²) in [7, 11) is 0. The van der Waals surface area contributed by atoms with E-state index >= 15 is 0 Å². The molecule has 0 saturated carbocycles. The van der Waals surface area contributed by atoms with Gasteiger partial charge in [0.05, 0.1) is 0 Å². The first kappa shape index (κ1) is 17.0. The number of esters is 1. The highest BCUT2D eigenvalue weighted by atomic mass is 79.9. The minimum Gasteiger partial charge on any atom is -0.507 e. The highest BCUT2D eigenvalue weighted by Gasteiger charge is 2.15. The number of benzene rings is 3. The lowest BCUT2D eigenvalue weighted by Crippen LogP contribution is -2.21. The second-order valence-electron chi connectivity index (χ2n) is 5.35. The molecule has 3 rings (SSSR count). The van der Waals surface area contributed by atoms with Crippen LogP contribution in [0, 0.1) is 0 Å². The third-order valence-electron chi connectivity index (χ3n) is 3.55. The monoisotopic (exact) mass is 399 g/mol. The SMILES string of the molecule is O=C(COC(=O)c1cc(Br)ccc1O)Nc1ccc2ccccc2c1. The summed E-state index contributed by atoms with van der Waals surface area (Å²) in [6, 6.07) is 17.7. The van der Waals surface area contributed by atoms with Crippen LogP contribution in [-0.4, -0.2) is 23.6 Å². The first-order chi connectivity index (χ1) is 12.0. The standard InChI is InChI=1S/C19H14BrNO4/c20-14-6-8-17(22)16(10-14)19(24)25-11-18(23)21-15-7-5-12-3-1-2-4-13(12)9-15/h1-10,22H,11H2,(H,21,23). The molecule has 0 fully saturated rings. The molecule has 0 spiro atoms. The predicted molar refractivity (Wildman–Crippen MR) is 98.7 cm³/mol. The van der Waals surface area contributed by atoms with E-state index in [9.17, 15) is 14.7 Å². The van der Waals surface area contributed by atoms with Crippen LogP contribution in [0.3, 0.4) is 0 Å². The lowest BCUT2D eigenvalue weighted by molar-refractivity contribution is -0.119. The molecule has 3 aromatic rings. The van der Waals surface area contributed by atoms with Crippen molar-refractivity contribution < 1.29 is 19.4 Å². The molecule has 25 heavy (non-hydrogen) atoms. The molecule has 0 heterocycles. The zero-order valence-electron chi connectivity index (χ0n) is 13.0. The molecule has 0 aliphatic rings. The molecule has 2 N–H and O–H groups in total. The predicted octanol–water partition coefficient (Wildman–Crippen LogP) is 4.10. The van der Waals surface area contributed by atoms with E-state index in [1.165, 1.54) is 12.1 Å². The number of amides is 1. The number of phenols is 1. The van der Waals surface area contributed by atoms with E-state index in [1.54, 1.807) is 12.1 Å². The van der Waals surface area contributed by atoms with Gasteiger partial charge in [0.1, 0.15) is 11.3 Å². The Morgan fingerprint density at radius 3 is 2.56 bits per heavy atom. The van der Waals surface area contributed by atoms with Crippen LogP contribution in [0.5, 0.6) is 5.75 Å². The quantitative estimate of drug-likeness (QED) is 0.647. The summed E-state index contributed by atoms with van der Waals surface area (Å²) in [5.41, 5.74) is 0.609. The molecule has 3 aromatic carbocycles. The zero-order valence-corrected chi connectivity index (χ0v) is 14.6. The molecule has 126 valence electrons. The third-order valence-corrected chi connectivity index (χ3v) is 4.04. The second-order valence-corrected chi connectivity index (χ2v) is 6.26. The Morgan fingerprint density at radius 1 is 1.00 bits per heavy atom. The maximum atomic E-state index is 12.0. The van der Waals surface area contributed by atoms with Crippen LogP contribution < -0.4 is 5.32 Å². The summed E-state index contributed by atoms with van der Waals surface area (Å²) < 4.78 is 5.58. The fraction of sp³-hybridized carbons (Fsp3) is 0.0526. The van der Waals surface area contributed by atoms with Crippen molar-refractivity contribution in [2.45, 2.75) is 0 Å². The number of hydrogen-bond acceptors (Lipinski definition) is 4. The van der Waals surface area contributed by atoms with Crippen LogP contribution in [0.4, 0.5) is 5.69 Å². The van der Waals surface area contributed by atoms with E-state index in [-0.39, 0.29) is 11.3 Å². The molecule has 0 bridgehead atoms. The van der Waals surface area contributed by atoms with Crippen LogP contribution >= 0.6 is 15.9 Å². The minimum absolute atomic E-state index is 0.00659. The molecular weight excluding hydrogens is 386 g/mol. The van der Waals surface area contributed by atoms with Gasteiger partial charge < -0.3 is 15.2 Å². The van der Waals surface area contributed by atoms with E-state index in [1.807, 2.05) is 36.4 Å². The van der Waals surface area contributed by atoms with Crippen molar-refractivity contribution in [3.63, 3.8) is 0 Å². The number of halogens is 1. The highest BCUT2D eigenvalue weighted by molar-refractivity contribution is 9.10. The lowest BCUT2D eigenvalue weighted by atomic mass is 10.1. The molecule has 0 radical (unpaired) electrons. The van der Waals surface area contributed by atoms with Crippen LogP contribution in [-0.2, 0) is 9.53 Å². The van der Waals surface area contributed by atoms with Gasteiger partial charge in [-0.2, -0.15) is 0 Å². The van der Waals surface area contributed by atoms with Gasteiger partial charge in [-0.15, -0.1) is 0 Å². The Labute approximate surface area is 152 Å². The zero-order chi connectivity index (χ0) is 17.8. The van der Waals surface area contributed by atoms with Crippen molar-refractivity contribution in [3.05, 3.63) is 70.7 Å². The molecular formula is C19H14BrNO4. The number of nitrogens with one attached hydrogen (secondary N) is 1. The third kappa shape index (κ3) is 4.16. The minimum atomic E-state index is -0.771. The summed E-state index contributed by atoms with van der Waals surface area (Å²) in [6.45, 7) is -0.447. The van der Waals surface area contributed by atoms with Gasteiger partial charge in [0.2, 0.25) is 0 Å². The number of aromatic hydroxyl groups is 1. The van der Waals surface area contributed by atoms with Gasteiger partial charge in [0.15, 0.2) is 6.61 Å². The number of ether oxygens (including phenoxy) is 1. The topological polar surface area (TPSA) is 75.6 Å². The van der Waals surface area contributed by atoms with Crippen LogP contribution in [0.25, 0.3) is 10.8 Å². The van der Waals surface area contributed by atoms with Gasteiger partial charge in [0, 0.05) is 10.2 Å². The maximum Gasteiger partial charge on any atom is 0.342 e. The number of phenolic OH excluding ortho intramolecular Hbond substituents is 1. The van der Waals surface area contributed by atoms with E-state index in [0.717, 1.165) is 10.8 Å². The van der Waals surface area contributed by atoms with Gasteiger partial charge in [-0.3, -0.25) is 4.79 Å². The van der Waals surface area contributed by atoms with Gasteiger partial charge in [-0.25, -0.2) is 4.79 Å². The Hall–Kier alpha value is -2.86. The summed E-state index contributed by atoms with van der Waals surface area (Å²) in [6.07, 6.45) is 0. The van der Waals surface area contributed by atoms with Crippen LogP contribution in [0.2, 0.25) is 0 Å². The van der Waals surface area contributed by atoms with E-state index in [0.29, 0.717) is 10.2 Å². The number of hydrogen-bond donors (Lipinski definition) is 2. The molecule has 0 atom stereocenters. The average Bonchev–Trinajstić information content (AvgIpc) is 2.61. The molecule has 0 aliphatic heterocycles. The number of anilines is 1. The van der Waals surface area contributed by atoms with Crippen molar-refractivity contribution in [3.8, 4) is 5.75 Å². The second kappa shape index (κ2) is 7.36. The summed E-state index contributed by atoms with van der Waals surface area (Å²) in [5, 5.41) is 14.4. The number of carbonyl (C=O) groups excluding carboxylic acids is 2. The molecule has 5 nitrogen and oxygen atoms in total. The molecule has 6 heteroatoms. The number of fused-ring (bicyclic) bond motifs is 1. The van der Waals surface area contributed by atoms with Gasteiger partial charge >= 0.3 is 5.97 Å². The van der Waals surface area contributed by atoms with Crippen molar-refractivity contribution in [2.75, 3.05) is 11.9 Å². The first-order valence-corrected chi connectivity index (χ1v) is 8.26. The maximum absolute atomic E-state index is 12.0. The molecule has 0 aromatic heterocycles. The molecule has 0 aliphatic carbocycles. The van der Waals surface area contributed by atoms with Crippen molar-refractivity contribution in [1.82, 2.24) is 0 Å². The number of rotatable bonds is 4. The summed E-state index contributed by atoms with van der Waals surface area (Å²) >= 11 is 3.21. The van der Waals surface area contributed by atoms with Gasteiger partial charge in [0.25, 0.3) is 5.91 Å². The fourth-order valence-corrected chi connectivity index (χ4v) is 2.71. The van der Waals surface area contributed by atoms with E-state index in [4.69, 9.17) is 4.74 Å². The van der Waals surface area contributed by atoms with Crippen LogP contribution in [0.15, 0.2) is 65.1 Å². The van der Waals surface area contributed by atoms with Crippen molar-refractivity contribution in [2.24, 2.45) is 0 Å². The summed E-state index contributed by atoms with van der Waals surface area (Å²) in [4.78, 5) is 23.9. The Bertz CT molecular complexity index is 955. The molecule has 0 unspecified atom stereocenters. The largest absolute Gasteiger partial charge is 0.507 e. The average molecular weight is 400 g/mol. The normalized spacial score (nSPS) is 10.4. The molecule has 1 amide bonds. The lowest BCUT2D eigenvalue weighted by Gasteiger charge is -2.08. The van der Waals surface area contributed by atoms with Gasteiger partial charge in [-0.1, -0.05) is 46.3 Å². The van der Waals surface area contributed by atoms with Gasteiger partial charge in [-0.05, 0) is 41.1 Å². The summed E-state index contributed by atoms with van der Waals surface area (Å²) in [5.74, 6) is -1.44. The van der Waals surface area contributed by atoms with Crippen LogP contribution in [0.1, 0.15) is 10.4 Å². The van der Waals surface area contributed by atoms with Crippen molar-refractivity contribution in [1.29, 1.82) is 0 Å². The Morgan fingerprint density at radius 2 is 1.76 bits per heavy atom. The smallest absolute Gasteiger partial charge is 0.342 e. The number of carbonyl (C=O) groups is 2. The fourth-order valence-electron chi connectivity index (χ4n) is 2.34.